The quantitative estimate of drug-likeness (QED) is 0.846. The average molecular weight is 221 g/mol. The number of aryl methyl sites for hydroxylation is 1. The number of nitrogens with one attached hydrogen (secondary N) is 1. The molecule has 16 heavy (non-hydrogen) atoms. The molecular weight excluding hydrogens is 202 g/mol. The second kappa shape index (κ2) is 4.37. The fraction of sp³-hybridized carbons (Fsp3) is 0.667. The lowest BCUT2D eigenvalue weighted by atomic mass is 9.79. The largest absolute Gasteiger partial charge is 0.373 e. The Balaban J connectivity index is 2.39. The van der Waals surface area contributed by atoms with Gasteiger partial charge >= 0.3 is 0 Å². The summed E-state index contributed by atoms with van der Waals surface area (Å²) in [6.45, 7) is 2.10. The number of hydrogen-bond donors (Lipinski definition) is 1. The van der Waals surface area contributed by atoms with E-state index in [0.717, 1.165) is 36.6 Å². The van der Waals surface area contributed by atoms with Gasteiger partial charge in [0, 0.05) is 25.9 Å². The highest BCUT2D eigenvalue weighted by Crippen LogP contribution is 2.42. The van der Waals surface area contributed by atoms with Crippen molar-refractivity contribution in [1.29, 1.82) is 0 Å². The third kappa shape index (κ3) is 1.78. The van der Waals surface area contributed by atoms with E-state index in [1.54, 1.807) is 7.11 Å². The summed E-state index contributed by atoms with van der Waals surface area (Å²) >= 11 is 0. The minimum absolute atomic E-state index is 0.225. The van der Waals surface area contributed by atoms with Crippen molar-refractivity contribution in [2.75, 3.05) is 19.5 Å². The van der Waals surface area contributed by atoms with Crippen molar-refractivity contribution < 1.29 is 4.74 Å². The number of rotatable bonds is 4. The van der Waals surface area contributed by atoms with E-state index in [-0.39, 0.29) is 5.60 Å². The Bertz CT molecular complexity index is 347. The molecule has 0 bridgehead atoms. The summed E-state index contributed by atoms with van der Waals surface area (Å²) < 4.78 is 5.61. The molecule has 1 aliphatic carbocycles. The minimum atomic E-state index is -0.225. The van der Waals surface area contributed by atoms with Gasteiger partial charge in [-0.15, -0.1) is 0 Å². The van der Waals surface area contributed by atoms with Crippen LogP contribution in [0.15, 0.2) is 6.07 Å². The summed E-state index contributed by atoms with van der Waals surface area (Å²) in [7, 11) is 3.63. The summed E-state index contributed by atoms with van der Waals surface area (Å²) in [4.78, 5) is 9.11. The molecule has 1 aromatic rings. The van der Waals surface area contributed by atoms with Crippen LogP contribution in [0.4, 0.5) is 5.82 Å². The van der Waals surface area contributed by atoms with Gasteiger partial charge in [0.05, 0.1) is 0 Å². The standard InChI is InChI=1S/C12H19N3O/c1-4-9-8-10(13-2)15-11(14-9)12(16-3)6-5-7-12/h8H,4-7H2,1-3H3,(H,13,14,15). The molecule has 1 heterocycles. The molecule has 4 heteroatoms. The highest BCUT2D eigenvalue weighted by molar-refractivity contribution is 5.36. The van der Waals surface area contributed by atoms with Crippen LogP contribution in [0.1, 0.15) is 37.7 Å². The fourth-order valence-corrected chi connectivity index (χ4v) is 2.03. The maximum absolute atomic E-state index is 5.61. The molecular formula is C12H19N3O. The molecule has 2 rings (SSSR count). The molecule has 1 fully saturated rings. The second-order valence-corrected chi connectivity index (χ2v) is 4.22. The van der Waals surface area contributed by atoms with E-state index >= 15 is 0 Å². The highest BCUT2D eigenvalue weighted by atomic mass is 16.5. The number of anilines is 1. The van der Waals surface area contributed by atoms with Crippen molar-refractivity contribution in [2.45, 2.75) is 38.2 Å². The van der Waals surface area contributed by atoms with Crippen LogP contribution in [0.3, 0.4) is 0 Å². The first-order valence-electron chi connectivity index (χ1n) is 5.85. The lowest BCUT2D eigenvalue weighted by Gasteiger charge is -2.39. The Labute approximate surface area is 96.4 Å². The van der Waals surface area contributed by atoms with Crippen molar-refractivity contribution >= 4 is 5.82 Å². The number of methoxy groups -OCH3 is 1. The summed E-state index contributed by atoms with van der Waals surface area (Å²) in [6.07, 6.45) is 4.17. The van der Waals surface area contributed by atoms with Gasteiger partial charge in [0.25, 0.3) is 0 Å². The van der Waals surface area contributed by atoms with E-state index in [2.05, 4.69) is 22.2 Å². The number of hydrogen-bond acceptors (Lipinski definition) is 4. The van der Waals surface area contributed by atoms with E-state index in [4.69, 9.17) is 4.74 Å². The zero-order valence-electron chi connectivity index (χ0n) is 10.2. The SMILES string of the molecule is CCc1cc(NC)nc(C2(OC)CCC2)n1. The molecule has 0 spiro atoms. The van der Waals surface area contributed by atoms with Gasteiger partial charge in [0.1, 0.15) is 11.4 Å². The lowest BCUT2D eigenvalue weighted by Crippen LogP contribution is -2.38. The Morgan fingerprint density at radius 1 is 1.44 bits per heavy atom. The van der Waals surface area contributed by atoms with Crippen molar-refractivity contribution in [2.24, 2.45) is 0 Å². The molecule has 0 atom stereocenters. The predicted octanol–water partition coefficient (Wildman–Crippen LogP) is 2.11. The molecule has 0 aromatic carbocycles. The van der Waals surface area contributed by atoms with Crippen LogP contribution in [-0.4, -0.2) is 24.1 Å². The summed E-state index contributed by atoms with van der Waals surface area (Å²) in [5.41, 5.74) is 0.842. The van der Waals surface area contributed by atoms with Crippen LogP contribution in [0.5, 0.6) is 0 Å². The molecule has 88 valence electrons. The maximum Gasteiger partial charge on any atom is 0.162 e. The van der Waals surface area contributed by atoms with E-state index < -0.39 is 0 Å². The van der Waals surface area contributed by atoms with Crippen LogP contribution in [0, 0.1) is 0 Å². The van der Waals surface area contributed by atoms with Crippen LogP contribution < -0.4 is 5.32 Å². The normalized spacial score (nSPS) is 17.9. The molecule has 1 N–H and O–H groups in total. The smallest absolute Gasteiger partial charge is 0.162 e. The van der Waals surface area contributed by atoms with Crippen LogP contribution in [0.2, 0.25) is 0 Å². The van der Waals surface area contributed by atoms with Crippen molar-refractivity contribution in [3.8, 4) is 0 Å². The van der Waals surface area contributed by atoms with Gasteiger partial charge in [-0.05, 0) is 25.7 Å². The maximum atomic E-state index is 5.61. The highest BCUT2D eigenvalue weighted by Gasteiger charge is 2.42. The third-order valence-electron chi connectivity index (χ3n) is 3.36. The Hall–Kier alpha value is -1.16. The van der Waals surface area contributed by atoms with Crippen molar-refractivity contribution in [1.82, 2.24) is 9.97 Å². The second-order valence-electron chi connectivity index (χ2n) is 4.22. The van der Waals surface area contributed by atoms with Gasteiger partial charge in [-0.1, -0.05) is 6.92 Å². The summed E-state index contributed by atoms with van der Waals surface area (Å²) in [6, 6.07) is 1.99. The summed E-state index contributed by atoms with van der Waals surface area (Å²) in [5, 5.41) is 3.08. The first-order chi connectivity index (χ1) is 7.74. The first-order valence-corrected chi connectivity index (χ1v) is 5.85. The zero-order valence-corrected chi connectivity index (χ0v) is 10.2. The molecule has 4 nitrogen and oxygen atoms in total. The number of nitrogens with zero attached hydrogens (tertiary/aromatic N) is 2. The van der Waals surface area contributed by atoms with Gasteiger partial charge in [-0.25, -0.2) is 9.97 Å². The molecule has 1 saturated carbocycles. The minimum Gasteiger partial charge on any atom is -0.373 e. The average Bonchev–Trinajstić information content (AvgIpc) is 2.28. The molecule has 0 amide bonds. The van der Waals surface area contributed by atoms with Gasteiger partial charge in [-0.3, -0.25) is 0 Å². The van der Waals surface area contributed by atoms with Crippen LogP contribution >= 0.6 is 0 Å². The monoisotopic (exact) mass is 221 g/mol. The van der Waals surface area contributed by atoms with E-state index in [1.807, 2.05) is 13.1 Å². The van der Waals surface area contributed by atoms with Crippen molar-refractivity contribution in [3.63, 3.8) is 0 Å². The molecule has 1 aromatic heterocycles. The van der Waals surface area contributed by atoms with Gasteiger partial charge in [0.2, 0.25) is 0 Å². The van der Waals surface area contributed by atoms with Gasteiger partial charge < -0.3 is 10.1 Å². The van der Waals surface area contributed by atoms with Gasteiger partial charge in [-0.2, -0.15) is 0 Å². The summed E-state index contributed by atoms with van der Waals surface area (Å²) in [5.74, 6) is 1.72. The van der Waals surface area contributed by atoms with Gasteiger partial charge in [0.15, 0.2) is 5.82 Å². The number of aromatic nitrogens is 2. The topological polar surface area (TPSA) is 47.0 Å². The Morgan fingerprint density at radius 3 is 2.62 bits per heavy atom. The third-order valence-corrected chi connectivity index (χ3v) is 3.36. The van der Waals surface area contributed by atoms with E-state index in [9.17, 15) is 0 Å². The Kier molecular flexibility index (Phi) is 3.10. The van der Waals surface area contributed by atoms with Crippen molar-refractivity contribution in [3.05, 3.63) is 17.6 Å². The molecule has 0 radical (unpaired) electrons. The zero-order chi connectivity index (χ0) is 11.6. The number of ether oxygens (including phenoxy) is 1. The predicted molar refractivity (Wildman–Crippen MR) is 63.5 cm³/mol. The fourth-order valence-electron chi connectivity index (χ4n) is 2.03. The molecule has 1 aliphatic rings. The lowest BCUT2D eigenvalue weighted by molar-refractivity contribution is -0.0846. The van der Waals surface area contributed by atoms with Crippen LogP contribution in [0.25, 0.3) is 0 Å². The Morgan fingerprint density at radius 2 is 2.19 bits per heavy atom. The molecule has 0 aliphatic heterocycles. The van der Waals surface area contributed by atoms with E-state index in [0.29, 0.717) is 0 Å². The molecule has 0 saturated heterocycles. The van der Waals surface area contributed by atoms with E-state index in [1.165, 1.54) is 6.42 Å². The molecule has 0 unspecified atom stereocenters. The van der Waals surface area contributed by atoms with Crippen LogP contribution in [-0.2, 0) is 16.8 Å². The first kappa shape index (κ1) is 11.3.